The van der Waals surface area contributed by atoms with Crippen LogP contribution in [-0.4, -0.2) is 60.9 Å². The van der Waals surface area contributed by atoms with Crippen LogP contribution in [0.25, 0.3) is 5.76 Å². The lowest BCUT2D eigenvalue weighted by Gasteiger charge is -2.24. The van der Waals surface area contributed by atoms with Crippen molar-refractivity contribution in [3.05, 3.63) is 57.5 Å². The number of thiophene rings is 1. The Balaban J connectivity index is 2.10. The fourth-order valence-electron chi connectivity index (χ4n) is 3.42. The van der Waals surface area contributed by atoms with Crippen LogP contribution in [0.2, 0.25) is 0 Å². The highest BCUT2D eigenvalue weighted by molar-refractivity contribution is 7.10. The predicted molar refractivity (Wildman–Crippen MR) is 109 cm³/mol. The molecule has 1 aromatic carbocycles. The molecule has 0 bridgehead atoms. The van der Waals surface area contributed by atoms with Gasteiger partial charge in [-0.25, -0.2) is 4.39 Å². The summed E-state index contributed by atoms with van der Waals surface area (Å²) in [6.45, 7) is 1.11. The molecule has 8 heteroatoms. The maximum atomic E-state index is 13.8. The normalized spacial score (nSPS) is 18.7. The van der Waals surface area contributed by atoms with Crippen LogP contribution < -0.4 is 4.74 Å². The summed E-state index contributed by atoms with van der Waals surface area (Å²) in [5, 5.41) is 12.8. The molecule has 1 amide bonds. The van der Waals surface area contributed by atoms with Crippen molar-refractivity contribution in [2.75, 3.05) is 34.3 Å². The Hall–Kier alpha value is -2.71. The summed E-state index contributed by atoms with van der Waals surface area (Å²) in [7, 11) is 5.25. The van der Waals surface area contributed by atoms with Gasteiger partial charge >= 0.3 is 0 Å². The molecule has 1 aromatic heterocycles. The smallest absolute Gasteiger partial charge is 0.295 e. The standard InChI is InChI=1S/C21H23FN2O4S/c1-23(2)9-5-10-24-18(16-6-4-11-29-16)17(20(26)21(24)27)19(25)14-12-13(22)7-8-15(14)28-3/h4,6-8,11-12,18,25H,5,9-10H2,1-3H3. The molecular weight excluding hydrogens is 395 g/mol. The minimum Gasteiger partial charge on any atom is -0.507 e. The number of aliphatic hydroxyl groups excluding tert-OH is 1. The summed E-state index contributed by atoms with van der Waals surface area (Å²) in [6, 6.07) is 6.59. The molecule has 2 heterocycles. The van der Waals surface area contributed by atoms with Gasteiger partial charge in [-0.15, -0.1) is 11.3 Å². The van der Waals surface area contributed by atoms with E-state index < -0.39 is 29.3 Å². The van der Waals surface area contributed by atoms with Crippen LogP contribution in [0.3, 0.4) is 0 Å². The average Bonchev–Trinajstić information content (AvgIpc) is 3.29. The fourth-order valence-corrected chi connectivity index (χ4v) is 4.27. The number of aliphatic hydroxyl groups is 1. The van der Waals surface area contributed by atoms with Gasteiger partial charge in [0.1, 0.15) is 17.3 Å². The number of ketones is 1. The van der Waals surface area contributed by atoms with Gasteiger partial charge in [-0.2, -0.15) is 0 Å². The van der Waals surface area contributed by atoms with Gasteiger partial charge in [-0.3, -0.25) is 9.59 Å². The molecule has 1 fully saturated rings. The minimum atomic E-state index is -0.780. The van der Waals surface area contributed by atoms with E-state index in [1.54, 1.807) is 0 Å². The lowest BCUT2D eigenvalue weighted by atomic mass is 9.99. The van der Waals surface area contributed by atoms with Crippen LogP contribution in [-0.2, 0) is 9.59 Å². The second-order valence-corrected chi connectivity index (χ2v) is 7.99. The Morgan fingerprint density at radius 3 is 2.69 bits per heavy atom. The first-order valence-electron chi connectivity index (χ1n) is 9.15. The fraction of sp³-hybridized carbons (Fsp3) is 0.333. The molecule has 1 unspecified atom stereocenters. The second kappa shape index (κ2) is 8.75. The average molecular weight is 418 g/mol. The third kappa shape index (κ3) is 4.18. The van der Waals surface area contributed by atoms with Crippen molar-refractivity contribution in [3.8, 4) is 5.75 Å². The van der Waals surface area contributed by atoms with E-state index in [-0.39, 0.29) is 16.9 Å². The first kappa shape index (κ1) is 21.0. The molecule has 2 aromatic rings. The third-order valence-corrected chi connectivity index (χ3v) is 5.70. The van der Waals surface area contributed by atoms with Gasteiger partial charge in [-0.1, -0.05) is 6.07 Å². The van der Waals surface area contributed by atoms with E-state index >= 15 is 0 Å². The number of amides is 1. The maximum absolute atomic E-state index is 13.8. The quantitative estimate of drug-likeness (QED) is 0.425. The number of hydrogen-bond donors (Lipinski definition) is 1. The van der Waals surface area contributed by atoms with E-state index in [9.17, 15) is 19.1 Å². The number of methoxy groups -OCH3 is 1. The lowest BCUT2D eigenvalue weighted by molar-refractivity contribution is -0.139. The highest BCUT2D eigenvalue weighted by atomic mass is 32.1. The van der Waals surface area contributed by atoms with Crippen LogP contribution in [0.1, 0.15) is 22.9 Å². The van der Waals surface area contributed by atoms with Gasteiger partial charge in [0.15, 0.2) is 0 Å². The van der Waals surface area contributed by atoms with Crippen LogP contribution >= 0.6 is 11.3 Å². The largest absolute Gasteiger partial charge is 0.507 e. The number of carbonyl (C=O) groups excluding carboxylic acids is 2. The number of benzene rings is 1. The number of hydrogen-bond acceptors (Lipinski definition) is 6. The summed E-state index contributed by atoms with van der Waals surface area (Å²) in [5.74, 6) is -2.25. The molecule has 1 atom stereocenters. The molecule has 0 saturated carbocycles. The highest BCUT2D eigenvalue weighted by Crippen LogP contribution is 2.42. The lowest BCUT2D eigenvalue weighted by Crippen LogP contribution is -2.32. The number of rotatable bonds is 7. The molecular formula is C21H23FN2O4S. The number of halogens is 1. The Morgan fingerprint density at radius 1 is 1.31 bits per heavy atom. The van der Waals surface area contributed by atoms with Gasteiger partial charge in [-0.05, 0) is 56.7 Å². The maximum Gasteiger partial charge on any atom is 0.295 e. The van der Waals surface area contributed by atoms with E-state index in [1.807, 2.05) is 36.5 Å². The summed E-state index contributed by atoms with van der Waals surface area (Å²) in [6.07, 6.45) is 0.672. The summed E-state index contributed by atoms with van der Waals surface area (Å²) in [5.41, 5.74) is -0.00782. The Kier molecular flexibility index (Phi) is 6.34. The molecule has 0 aliphatic carbocycles. The van der Waals surface area contributed by atoms with Gasteiger partial charge < -0.3 is 19.6 Å². The van der Waals surface area contributed by atoms with Crippen LogP contribution in [0.4, 0.5) is 4.39 Å². The number of Topliss-reactive ketones (excluding diaryl/α,β-unsaturated/α-hetero) is 1. The first-order chi connectivity index (χ1) is 13.8. The molecule has 6 nitrogen and oxygen atoms in total. The summed E-state index contributed by atoms with van der Waals surface area (Å²) >= 11 is 1.39. The molecule has 1 aliphatic heterocycles. The van der Waals surface area contributed by atoms with Crippen molar-refractivity contribution in [2.45, 2.75) is 12.5 Å². The van der Waals surface area contributed by atoms with Crippen LogP contribution in [0.5, 0.6) is 5.75 Å². The number of carbonyl (C=O) groups is 2. The molecule has 3 rings (SSSR count). The topological polar surface area (TPSA) is 70.1 Å². The molecule has 0 radical (unpaired) electrons. The Morgan fingerprint density at radius 2 is 2.07 bits per heavy atom. The van der Waals surface area contributed by atoms with Gasteiger partial charge in [0, 0.05) is 11.4 Å². The molecule has 29 heavy (non-hydrogen) atoms. The molecule has 1 N–H and O–H groups in total. The minimum absolute atomic E-state index is 0.0420. The second-order valence-electron chi connectivity index (χ2n) is 7.01. The summed E-state index contributed by atoms with van der Waals surface area (Å²) < 4.78 is 19.1. The van der Waals surface area contributed by atoms with Crippen LogP contribution in [0, 0.1) is 5.82 Å². The molecule has 154 valence electrons. The van der Waals surface area contributed by atoms with Gasteiger partial charge in [0.2, 0.25) is 0 Å². The Labute approximate surface area is 172 Å². The van der Waals surface area contributed by atoms with E-state index in [4.69, 9.17) is 4.74 Å². The number of likely N-dealkylation sites (tertiary alicyclic amines) is 1. The zero-order valence-electron chi connectivity index (χ0n) is 16.5. The third-order valence-electron chi connectivity index (χ3n) is 4.77. The van der Waals surface area contributed by atoms with E-state index in [0.29, 0.717) is 13.0 Å². The molecule has 1 saturated heterocycles. The van der Waals surface area contributed by atoms with Gasteiger partial charge in [0.05, 0.1) is 24.3 Å². The van der Waals surface area contributed by atoms with E-state index in [1.165, 1.54) is 35.5 Å². The van der Waals surface area contributed by atoms with Crippen molar-refractivity contribution < 1.29 is 23.8 Å². The zero-order valence-corrected chi connectivity index (χ0v) is 17.3. The van der Waals surface area contributed by atoms with Crippen molar-refractivity contribution >= 4 is 28.8 Å². The van der Waals surface area contributed by atoms with Crippen molar-refractivity contribution in [1.29, 1.82) is 0 Å². The van der Waals surface area contributed by atoms with E-state index in [0.717, 1.165) is 17.5 Å². The summed E-state index contributed by atoms with van der Waals surface area (Å²) in [4.78, 5) is 29.9. The monoisotopic (exact) mass is 418 g/mol. The number of ether oxygens (including phenoxy) is 1. The highest BCUT2D eigenvalue weighted by Gasteiger charge is 2.46. The zero-order chi connectivity index (χ0) is 21.1. The van der Waals surface area contributed by atoms with Crippen LogP contribution in [0.15, 0.2) is 41.3 Å². The van der Waals surface area contributed by atoms with Gasteiger partial charge in [0.25, 0.3) is 11.7 Å². The molecule has 1 aliphatic rings. The SMILES string of the molecule is COc1ccc(F)cc1C(O)=C1C(=O)C(=O)N(CCCN(C)C)C1c1cccs1. The number of nitrogens with zero attached hydrogens (tertiary/aromatic N) is 2. The van der Waals surface area contributed by atoms with E-state index in [2.05, 4.69) is 0 Å². The van der Waals surface area contributed by atoms with Crippen molar-refractivity contribution in [1.82, 2.24) is 9.80 Å². The Bertz CT molecular complexity index is 940. The first-order valence-corrected chi connectivity index (χ1v) is 10.0. The van der Waals surface area contributed by atoms with Crippen molar-refractivity contribution in [3.63, 3.8) is 0 Å². The molecule has 0 spiro atoms. The van der Waals surface area contributed by atoms with Crippen molar-refractivity contribution in [2.24, 2.45) is 0 Å². The predicted octanol–water partition coefficient (Wildman–Crippen LogP) is 3.27.